The van der Waals surface area contributed by atoms with Gasteiger partial charge in [-0.05, 0) is 43.7 Å². The highest BCUT2D eigenvalue weighted by Gasteiger charge is 2.31. The van der Waals surface area contributed by atoms with Crippen molar-refractivity contribution in [1.82, 2.24) is 13.4 Å². The summed E-state index contributed by atoms with van der Waals surface area (Å²) in [6.45, 7) is 2.26. The number of nitrogens with zero attached hydrogens (tertiary/aromatic N) is 3. The minimum atomic E-state index is -3.63. The molecule has 3 aromatic rings. The van der Waals surface area contributed by atoms with E-state index >= 15 is 0 Å². The molecule has 1 aliphatic carbocycles. The van der Waals surface area contributed by atoms with Gasteiger partial charge in [0.15, 0.2) is 0 Å². The average molecular weight is 385 g/mol. The van der Waals surface area contributed by atoms with Crippen molar-refractivity contribution >= 4 is 37.9 Å². The van der Waals surface area contributed by atoms with Crippen LogP contribution in [0.3, 0.4) is 0 Å². The SMILES string of the molecule is CS(=O)(=O)n1c(C(=O)N2CCCC2)cc2c1c1ccccc1n2CC1CC1. The largest absolute Gasteiger partial charge is 0.339 e. The molecule has 0 bridgehead atoms. The number of hydrogen-bond donors (Lipinski definition) is 0. The summed E-state index contributed by atoms with van der Waals surface area (Å²) in [6.07, 6.45) is 5.55. The van der Waals surface area contributed by atoms with Crippen LogP contribution < -0.4 is 0 Å². The van der Waals surface area contributed by atoms with E-state index < -0.39 is 10.0 Å². The van der Waals surface area contributed by atoms with Crippen molar-refractivity contribution in [2.24, 2.45) is 5.92 Å². The fraction of sp³-hybridized carbons (Fsp3) is 0.450. The van der Waals surface area contributed by atoms with E-state index in [4.69, 9.17) is 0 Å². The second kappa shape index (κ2) is 5.86. The highest BCUT2D eigenvalue weighted by Crippen LogP contribution is 2.38. The molecule has 0 atom stereocenters. The highest BCUT2D eigenvalue weighted by molar-refractivity contribution is 7.89. The van der Waals surface area contributed by atoms with Crippen LogP contribution in [0, 0.1) is 5.92 Å². The van der Waals surface area contributed by atoms with Gasteiger partial charge in [0.25, 0.3) is 5.91 Å². The van der Waals surface area contributed by atoms with Gasteiger partial charge in [0.2, 0.25) is 10.0 Å². The number of likely N-dealkylation sites (tertiary alicyclic amines) is 1. The molecule has 1 saturated heterocycles. The van der Waals surface area contributed by atoms with E-state index in [1.165, 1.54) is 23.1 Å². The van der Waals surface area contributed by atoms with Crippen molar-refractivity contribution in [3.8, 4) is 0 Å². The molecule has 1 aliphatic heterocycles. The maximum atomic E-state index is 13.1. The van der Waals surface area contributed by atoms with Crippen LogP contribution in [0.1, 0.15) is 36.2 Å². The van der Waals surface area contributed by atoms with Gasteiger partial charge in [0, 0.05) is 25.0 Å². The molecule has 7 heteroatoms. The summed E-state index contributed by atoms with van der Waals surface area (Å²) in [4.78, 5) is 14.9. The fourth-order valence-corrected chi connectivity index (χ4v) is 5.32. The minimum Gasteiger partial charge on any atom is -0.339 e. The van der Waals surface area contributed by atoms with Gasteiger partial charge < -0.3 is 9.47 Å². The van der Waals surface area contributed by atoms with E-state index in [-0.39, 0.29) is 11.6 Å². The molecule has 1 saturated carbocycles. The van der Waals surface area contributed by atoms with E-state index in [0.717, 1.165) is 35.8 Å². The second-order valence-corrected chi connectivity index (χ2v) is 9.69. The van der Waals surface area contributed by atoms with Crippen molar-refractivity contribution < 1.29 is 13.2 Å². The topological polar surface area (TPSA) is 64.3 Å². The zero-order valence-electron chi connectivity index (χ0n) is 15.4. The van der Waals surface area contributed by atoms with Gasteiger partial charge in [-0.15, -0.1) is 0 Å². The summed E-state index contributed by atoms with van der Waals surface area (Å²) in [5.74, 6) is 0.458. The van der Waals surface area contributed by atoms with E-state index in [1.807, 2.05) is 24.3 Å². The fourth-order valence-electron chi connectivity index (χ4n) is 4.30. The molecule has 0 N–H and O–H groups in total. The zero-order chi connectivity index (χ0) is 18.8. The third-order valence-corrected chi connectivity index (χ3v) is 6.80. The van der Waals surface area contributed by atoms with Crippen LogP contribution >= 0.6 is 0 Å². The van der Waals surface area contributed by atoms with Crippen molar-refractivity contribution in [2.75, 3.05) is 19.3 Å². The predicted molar refractivity (Wildman–Crippen MR) is 106 cm³/mol. The van der Waals surface area contributed by atoms with Crippen molar-refractivity contribution in [3.63, 3.8) is 0 Å². The van der Waals surface area contributed by atoms with Gasteiger partial charge in [0.05, 0.1) is 22.8 Å². The van der Waals surface area contributed by atoms with Crippen LogP contribution in [0.25, 0.3) is 21.9 Å². The third kappa shape index (κ3) is 2.67. The number of para-hydroxylation sites is 1. The molecule has 0 radical (unpaired) electrons. The molecule has 1 aromatic carbocycles. The van der Waals surface area contributed by atoms with Gasteiger partial charge >= 0.3 is 0 Å². The summed E-state index contributed by atoms with van der Waals surface area (Å²) in [5, 5.41) is 0.888. The lowest BCUT2D eigenvalue weighted by atomic mass is 10.2. The Kier molecular flexibility index (Phi) is 3.66. The minimum absolute atomic E-state index is 0.184. The highest BCUT2D eigenvalue weighted by atomic mass is 32.2. The molecule has 3 heterocycles. The Bertz CT molecular complexity index is 1160. The first-order valence-corrected chi connectivity index (χ1v) is 11.4. The van der Waals surface area contributed by atoms with E-state index in [1.54, 1.807) is 11.0 Å². The third-order valence-electron chi connectivity index (χ3n) is 5.76. The van der Waals surface area contributed by atoms with Crippen molar-refractivity contribution in [2.45, 2.75) is 32.2 Å². The number of hydrogen-bond acceptors (Lipinski definition) is 3. The lowest BCUT2D eigenvalue weighted by Crippen LogP contribution is -2.30. The first-order valence-electron chi connectivity index (χ1n) is 9.57. The predicted octanol–water partition coefficient (Wildman–Crippen LogP) is 3.05. The Labute approximate surface area is 158 Å². The van der Waals surface area contributed by atoms with Crippen LogP contribution in [0.2, 0.25) is 0 Å². The Morgan fingerprint density at radius 1 is 1.11 bits per heavy atom. The molecule has 2 aliphatic rings. The van der Waals surface area contributed by atoms with Crippen LogP contribution in [0.4, 0.5) is 0 Å². The van der Waals surface area contributed by atoms with Crippen LogP contribution in [0.15, 0.2) is 30.3 Å². The standard InChI is InChI=1S/C20H23N3O3S/c1-27(25,26)23-18(20(24)21-10-4-5-11-21)12-17-19(23)15-6-2-3-7-16(15)22(17)13-14-8-9-14/h2-3,6-7,12,14H,4-5,8-11,13H2,1H3. The lowest BCUT2D eigenvalue weighted by Gasteiger charge is -2.16. The molecule has 5 rings (SSSR count). The molecular formula is C20H23N3O3S. The van der Waals surface area contributed by atoms with E-state index in [0.29, 0.717) is 24.5 Å². The molecule has 2 fully saturated rings. The van der Waals surface area contributed by atoms with E-state index in [9.17, 15) is 13.2 Å². The van der Waals surface area contributed by atoms with Gasteiger partial charge in [-0.1, -0.05) is 18.2 Å². The van der Waals surface area contributed by atoms with Gasteiger partial charge in [-0.3, -0.25) is 4.79 Å². The Hall–Kier alpha value is -2.28. The average Bonchev–Trinajstić information content (AvgIpc) is 3.07. The molecule has 1 amide bonds. The Morgan fingerprint density at radius 2 is 1.81 bits per heavy atom. The monoisotopic (exact) mass is 385 g/mol. The summed E-state index contributed by atoms with van der Waals surface area (Å²) >= 11 is 0. The lowest BCUT2D eigenvalue weighted by molar-refractivity contribution is 0.0786. The molecule has 0 unspecified atom stereocenters. The maximum absolute atomic E-state index is 13.1. The molecule has 6 nitrogen and oxygen atoms in total. The number of rotatable bonds is 4. The summed E-state index contributed by atoms with van der Waals surface area (Å²) < 4.78 is 28.9. The van der Waals surface area contributed by atoms with Gasteiger partial charge in [-0.2, -0.15) is 0 Å². The molecule has 27 heavy (non-hydrogen) atoms. The number of amides is 1. The van der Waals surface area contributed by atoms with Crippen LogP contribution in [-0.4, -0.2) is 47.1 Å². The summed E-state index contributed by atoms with van der Waals surface area (Å²) in [5.41, 5.74) is 2.78. The van der Waals surface area contributed by atoms with Gasteiger partial charge in [0.1, 0.15) is 5.69 Å². The summed E-state index contributed by atoms with van der Waals surface area (Å²) in [7, 11) is -3.63. The Morgan fingerprint density at radius 3 is 2.48 bits per heavy atom. The maximum Gasteiger partial charge on any atom is 0.271 e. The number of carbonyl (C=O) groups excluding carboxylic acids is 1. The van der Waals surface area contributed by atoms with E-state index in [2.05, 4.69) is 4.57 Å². The van der Waals surface area contributed by atoms with Gasteiger partial charge in [-0.25, -0.2) is 12.4 Å². The zero-order valence-corrected chi connectivity index (χ0v) is 16.2. The number of benzene rings is 1. The molecule has 0 spiro atoms. The number of fused-ring (bicyclic) bond motifs is 3. The molecular weight excluding hydrogens is 362 g/mol. The second-order valence-electron chi connectivity index (χ2n) is 7.86. The summed E-state index contributed by atoms with van der Waals surface area (Å²) in [6, 6.07) is 9.68. The first kappa shape index (κ1) is 16.9. The van der Waals surface area contributed by atoms with Crippen LogP contribution in [0.5, 0.6) is 0 Å². The van der Waals surface area contributed by atoms with Crippen molar-refractivity contribution in [1.29, 1.82) is 0 Å². The normalized spacial score (nSPS) is 18.0. The Balaban J connectivity index is 1.82. The smallest absolute Gasteiger partial charge is 0.271 e. The number of carbonyl (C=O) groups is 1. The van der Waals surface area contributed by atoms with Crippen molar-refractivity contribution in [3.05, 3.63) is 36.0 Å². The molecule has 142 valence electrons. The number of aromatic nitrogens is 2. The first-order chi connectivity index (χ1) is 12.9. The quantitative estimate of drug-likeness (QED) is 0.693. The van der Waals surface area contributed by atoms with Crippen LogP contribution in [-0.2, 0) is 16.6 Å². The molecule has 2 aromatic heterocycles.